The lowest BCUT2D eigenvalue weighted by atomic mass is 9.84. The Labute approximate surface area is 536 Å². The van der Waals surface area contributed by atoms with Crippen LogP contribution in [-0.2, 0) is 0 Å². The number of hydrogen-bond donors (Lipinski definition) is 0. The van der Waals surface area contributed by atoms with E-state index < -0.39 is 0 Å². The first-order valence-electron chi connectivity index (χ1n) is 32.0. The predicted molar refractivity (Wildman–Crippen MR) is 393 cm³/mol. The molecule has 2 heteroatoms. The summed E-state index contributed by atoms with van der Waals surface area (Å²) in [6.07, 6.45) is 0. The number of fused-ring (bicyclic) bond motifs is 8. The van der Waals surface area contributed by atoms with Crippen molar-refractivity contribution in [2.75, 3.05) is 0 Å². The molecule has 434 valence electrons. The highest BCUT2D eigenvalue weighted by molar-refractivity contribution is 6.23. The first-order valence-corrected chi connectivity index (χ1v) is 32.0. The van der Waals surface area contributed by atoms with Crippen molar-refractivity contribution in [2.45, 2.75) is 27.7 Å². The van der Waals surface area contributed by atoms with E-state index in [1.54, 1.807) is 0 Å². The predicted octanol–water partition coefficient (Wildman–Crippen LogP) is 24.8. The molecule has 2 nitrogen and oxygen atoms in total. The van der Waals surface area contributed by atoms with Crippen molar-refractivity contribution in [3.8, 4) is 100 Å². The minimum absolute atomic E-state index is 1.13. The van der Waals surface area contributed by atoms with Crippen molar-refractivity contribution in [3.63, 3.8) is 0 Å². The molecule has 0 aliphatic carbocycles. The van der Waals surface area contributed by atoms with Crippen LogP contribution < -0.4 is 0 Å². The van der Waals surface area contributed by atoms with Crippen LogP contribution in [0.3, 0.4) is 0 Å². The van der Waals surface area contributed by atoms with Gasteiger partial charge in [-0.1, -0.05) is 253 Å². The zero-order valence-electron chi connectivity index (χ0n) is 51.9. The largest absolute Gasteiger partial charge is 0.309 e. The summed E-state index contributed by atoms with van der Waals surface area (Å²) in [6, 6.07) is 118. The molecule has 0 bridgehead atoms. The Morgan fingerprint density at radius 1 is 0.163 bits per heavy atom. The number of rotatable bonds is 10. The van der Waals surface area contributed by atoms with Crippen LogP contribution in [0.5, 0.6) is 0 Å². The van der Waals surface area contributed by atoms with Gasteiger partial charge in [-0.15, -0.1) is 0 Å². The lowest BCUT2D eigenvalue weighted by Gasteiger charge is -2.20. The fourth-order valence-corrected chi connectivity index (χ4v) is 14.3. The molecule has 2 heterocycles. The molecule has 17 rings (SSSR count). The summed E-state index contributed by atoms with van der Waals surface area (Å²) < 4.78 is 4.88. The van der Waals surface area contributed by atoms with Crippen LogP contribution in [0.15, 0.2) is 315 Å². The number of nitrogens with zero attached hydrogens (tertiary/aromatic N) is 2. The molecule has 92 heavy (non-hydrogen) atoms. The van der Waals surface area contributed by atoms with Crippen LogP contribution in [0.25, 0.3) is 166 Å². The smallest absolute Gasteiger partial charge is 0.0541 e. The van der Waals surface area contributed by atoms with Gasteiger partial charge in [0.2, 0.25) is 0 Å². The molecule has 0 unspecified atom stereocenters. The Kier molecular flexibility index (Phi) is 13.1. The summed E-state index contributed by atoms with van der Waals surface area (Å²) in [4.78, 5) is 0. The van der Waals surface area contributed by atoms with Gasteiger partial charge in [-0.05, 0) is 223 Å². The Balaban J connectivity index is 0.773. The SMILES string of the molecule is Cc1ccc(-c2ccc3c(c2)c2cc(-c4ccc(C)cc4)ccc2n3-c2ccc(-c3ccc4c(-c5ccccc5)c5cc(-c6ccc(-n7c8ccc(-c9ccc(C)cc9)cc8c8cc(-c9ccc(C)cc9)ccc87)cc6)ccc5c(-c5ccccc5)c4c3)cc2)cc1. The van der Waals surface area contributed by atoms with E-state index in [9.17, 15) is 0 Å². The van der Waals surface area contributed by atoms with E-state index in [2.05, 4.69) is 352 Å². The van der Waals surface area contributed by atoms with Crippen LogP contribution in [0.1, 0.15) is 22.3 Å². The zero-order chi connectivity index (χ0) is 61.6. The van der Waals surface area contributed by atoms with Gasteiger partial charge in [-0.3, -0.25) is 0 Å². The summed E-state index contributed by atoms with van der Waals surface area (Å²) in [5, 5.41) is 9.84. The van der Waals surface area contributed by atoms with Gasteiger partial charge in [-0.2, -0.15) is 0 Å². The second-order valence-electron chi connectivity index (χ2n) is 25.2. The van der Waals surface area contributed by atoms with Crippen LogP contribution >= 0.6 is 0 Å². The number of benzene rings is 15. The van der Waals surface area contributed by atoms with Crippen LogP contribution in [0.4, 0.5) is 0 Å². The van der Waals surface area contributed by atoms with Crippen molar-refractivity contribution in [2.24, 2.45) is 0 Å². The van der Waals surface area contributed by atoms with Crippen molar-refractivity contribution >= 4 is 65.2 Å². The van der Waals surface area contributed by atoms with Gasteiger partial charge in [0.05, 0.1) is 22.1 Å². The summed E-state index contributed by atoms with van der Waals surface area (Å²) in [6.45, 7) is 8.59. The van der Waals surface area contributed by atoms with E-state index in [0.717, 1.165) is 11.4 Å². The fraction of sp³-hybridized carbons (Fsp3) is 0.0444. The van der Waals surface area contributed by atoms with Gasteiger partial charge in [0.25, 0.3) is 0 Å². The molecular formula is C90H64N2. The van der Waals surface area contributed by atoms with Gasteiger partial charge in [0, 0.05) is 32.9 Å². The molecule has 0 saturated carbocycles. The van der Waals surface area contributed by atoms with Crippen molar-refractivity contribution in [1.82, 2.24) is 9.13 Å². The molecule has 0 atom stereocenters. The molecule has 0 N–H and O–H groups in total. The fourth-order valence-electron chi connectivity index (χ4n) is 14.3. The van der Waals surface area contributed by atoms with E-state index in [1.165, 1.54) is 176 Å². The van der Waals surface area contributed by atoms with E-state index in [-0.39, 0.29) is 0 Å². The second kappa shape index (κ2) is 22.2. The number of hydrogen-bond acceptors (Lipinski definition) is 0. The van der Waals surface area contributed by atoms with Crippen molar-refractivity contribution in [3.05, 3.63) is 338 Å². The Bertz CT molecular complexity index is 5130. The average Bonchev–Trinajstić information content (AvgIpc) is 0.938. The minimum atomic E-state index is 1.13. The van der Waals surface area contributed by atoms with Crippen LogP contribution in [-0.4, -0.2) is 9.13 Å². The third kappa shape index (κ3) is 9.50. The summed E-state index contributed by atoms with van der Waals surface area (Å²) >= 11 is 0. The monoisotopic (exact) mass is 1170 g/mol. The van der Waals surface area contributed by atoms with Crippen molar-refractivity contribution < 1.29 is 0 Å². The van der Waals surface area contributed by atoms with Crippen LogP contribution in [0.2, 0.25) is 0 Å². The van der Waals surface area contributed by atoms with E-state index in [1.807, 2.05) is 0 Å². The Hall–Kier alpha value is -11.6. The molecule has 0 aliphatic heterocycles. The van der Waals surface area contributed by atoms with E-state index in [0.29, 0.717) is 0 Å². The summed E-state index contributed by atoms with van der Waals surface area (Å²) in [5.41, 5.74) is 31.3. The molecule has 2 aromatic heterocycles. The molecule has 15 aromatic carbocycles. The standard InChI is InChI=1S/C90H64N2/c1-57-15-23-61(24-16-57)71-37-47-85-79(51-71)80-52-72(62-25-17-58(2)18-26-62)38-48-86(80)91(85)75-41-31-65(32-42-75)69-35-45-77-83(55-69)89(67-11-7-5-8-12-67)78-46-36-70(56-84(78)90(77)68-13-9-6-10-14-68)66-33-43-76(44-34-66)92-87-49-39-73(63-27-19-59(3)20-28-63)53-81(87)82-54-74(40-50-88(82)92)64-29-21-60(4)22-30-64/h5-56H,1-4H3. The molecule has 0 radical (unpaired) electrons. The first-order chi connectivity index (χ1) is 45.2. The number of aryl methyl sites for hydroxylation is 4. The Morgan fingerprint density at radius 3 is 0.641 bits per heavy atom. The molecular weight excluding hydrogens is 1110 g/mol. The topological polar surface area (TPSA) is 9.86 Å². The first kappa shape index (κ1) is 54.6. The molecule has 0 saturated heterocycles. The molecule has 0 amide bonds. The van der Waals surface area contributed by atoms with Gasteiger partial charge < -0.3 is 9.13 Å². The highest BCUT2D eigenvalue weighted by Crippen LogP contribution is 2.47. The maximum atomic E-state index is 2.44. The van der Waals surface area contributed by atoms with Gasteiger partial charge in [-0.25, -0.2) is 0 Å². The van der Waals surface area contributed by atoms with Crippen LogP contribution in [0, 0.1) is 27.7 Å². The second-order valence-corrected chi connectivity index (χ2v) is 25.2. The van der Waals surface area contributed by atoms with Gasteiger partial charge in [0.15, 0.2) is 0 Å². The molecule has 0 fully saturated rings. The highest BCUT2D eigenvalue weighted by Gasteiger charge is 2.21. The molecule has 0 spiro atoms. The normalized spacial score (nSPS) is 11.7. The highest BCUT2D eigenvalue weighted by atomic mass is 15.0. The molecule has 0 aliphatic rings. The summed E-state index contributed by atoms with van der Waals surface area (Å²) in [7, 11) is 0. The molecule has 17 aromatic rings. The average molecular weight is 1170 g/mol. The maximum Gasteiger partial charge on any atom is 0.0541 e. The lowest BCUT2D eigenvalue weighted by molar-refractivity contribution is 1.18. The minimum Gasteiger partial charge on any atom is -0.309 e. The zero-order valence-corrected chi connectivity index (χ0v) is 51.9. The number of aromatic nitrogens is 2. The summed E-state index contributed by atoms with van der Waals surface area (Å²) in [5.74, 6) is 0. The Morgan fingerprint density at radius 2 is 0.380 bits per heavy atom. The third-order valence-corrected chi connectivity index (χ3v) is 19.2. The van der Waals surface area contributed by atoms with E-state index >= 15 is 0 Å². The third-order valence-electron chi connectivity index (χ3n) is 19.2. The van der Waals surface area contributed by atoms with Gasteiger partial charge >= 0.3 is 0 Å². The quantitative estimate of drug-likeness (QED) is 0.121. The van der Waals surface area contributed by atoms with Crippen molar-refractivity contribution in [1.29, 1.82) is 0 Å². The van der Waals surface area contributed by atoms with E-state index in [4.69, 9.17) is 0 Å². The van der Waals surface area contributed by atoms with Gasteiger partial charge in [0.1, 0.15) is 0 Å². The maximum absolute atomic E-state index is 2.44. The lowest BCUT2D eigenvalue weighted by Crippen LogP contribution is -1.95.